The van der Waals surface area contributed by atoms with Crippen LogP contribution >= 0.6 is 0 Å². The van der Waals surface area contributed by atoms with Crippen molar-refractivity contribution in [3.8, 4) is 33.4 Å². The van der Waals surface area contributed by atoms with Crippen molar-refractivity contribution >= 4 is 22.2 Å². The van der Waals surface area contributed by atoms with E-state index in [1.54, 1.807) is 0 Å². The normalized spacial score (nSPS) is 12.9. The molecule has 0 unspecified atom stereocenters. The molecule has 0 spiro atoms. The van der Waals surface area contributed by atoms with Crippen molar-refractivity contribution < 1.29 is 48.3 Å². The van der Waals surface area contributed by atoms with Gasteiger partial charge in [0.25, 0.3) is 0 Å². The minimum Gasteiger partial charge on any atom is -0.443 e. The molecule has 0 amide bonds. The van der Waals surface area contributed by atoms with Crippen molar-refractivity contribution in [3.05, 3.63) is 96.2 Å². The van der Waals surface area contributed by atoms with E-state index in [0.717, 1.165) is 24.9 Å². The highest BCUT2D eigenvalue weighted by Crippen LogP contribution is 2.49. The summed E-state index contributed by atoms with van der Waals surface area (Å²) in [6.45, 7) is 0. The first-order chi connectivity index (χ1) is 19.8. The van der Waals surface area contributed by atoms with Gasteiger partial charge in [-0.25, -0.2) is 9.97 Å². The van der Waals surface area contributed by atoms with E-state index in [-0.39, 0.29) is 56.1 Å². The fraction of sp³-hybridized carbons (Fsp3) is 0.103. The number of fused-ring (bicyclic) bond motifs is 2. The average molecular weight is 592 g/mol. The lowest BCUT2D eigenvalue weighted by Gasteiger charge is -2.19. The average Bonchev–Trinajstić information content (AvgIpc) is 3.60. The lowest BCUT2D eigenvalue weighted by atomic mass is 9.88. The summed E-state index contributed by atoms with van der Waals surface area (Å²) in [4.78, 5) is 8.25. The Labute approximate surface area is 229 Å². The molecule has 214 valence electrons. The highest BCUT2D eigenvalue weighted by molar-refractivity contribution is 6.17. The van der Waals surface area contributed by atoms with Gasteiger partial charge in [-0.2, -0.15) is 39.5 Å². The number of oxazole rings is 2. The van der Waals surface area contributed by atoms with Crippen molar-refractivity contribution in [3.63, 3.8) is 0 Å². The molecular weight excluding hydrogens is 579 g/mol. The fourth-order valence-corrected chi connectivity index (χ4v) is 4.99. The first-order valence-electron chi connectivity index (χ1n) is 11.9. The molecule has 0 saturated heterocycles. The Morgan fingerprint density at radius 2 is 0.976 bits per heavy atom. The molecular formula is C29H13F9N2O2. The van der Waals surface area contributed by atoms with E-state index in [1.165, 1.54) is 42.5 Å². The number of benzene rings is 4. The molecule has 0 bridgehead atoms. The quantitative estimate of drug-likeness (QED) is 0.192. The number of halogens is 9. The summed E-state index contributed by atoms with van der Waals surface area (Å²) >= 11 is 0. The van der Waals surface area contributed by atoms with E-state index in [9.17, 15) is 39.5 Å². The number of nitrogens with zero attached hydrogens (tertiary/aromatic N) is 2. The Morgan fingerprint density at radius 1 is 0.476 bits per heavy atom. The summed E-state index contributed by atoms with van der Waals surface area (Å²) in [6.07, 6.45) is -13.1. The zero-order valence-corrected chi connectivity index (χ0v) is 20.6. The molecule has 42 heavy (non-hydrogen) atoms. The minimum absolute atomic E-state index is 0.0268. The standard InChI is InChI=1S/C29H13F9N2O2/c30-27(31,32)14-9-10-16(20(11-14)29(36,37)38)15-5-1-2-6-17(15)21-23-26(42-12-39-23)22(24-25(21)41-13-40-24)18-7-3-4-8-19(18)28(33,34)35/h1-13H. The molecule has 6 rings (SSSR count). The van der Waals surface area contributed by atoms with Crippen LogP contribution in [0.4, 0.5) is 39.5 Å². The van der Waals surface area contributed by atoms with E-state index in [1.807, 2.05) is 0 Å². The lowest BCUT2D eigenvalue weighted by molar-refractivity contribution is -0.143. The van der Waals surface area contributed by atoms with Crippen LogP contribution in [0.1, 0.15) is 16.7 Å². The van der Waals surface area contributed by atoms with Crippen LogP contribution in [0, 0.1) is 0 Å². The molecule has 0 aliphatic rings. The summed E-state index contributed by atoms with van der Waals surface area (Å²) in [5.74, 6) is 0. The summed E-state index contributed by atoms with van der Waals surface area (Å²) in [5.41, 5.74) is -5.47. The maximum absolute atomic E-state index is 14.1. The Kier molecular flexibility index (Phi) is 6.10. The fourth-order valence-electron chi connectivity index (χ4n) is 4.99. The highest BCUT2D eigenvalue weighted by Gasteiger charge is 2.39. The summed E-state index contributed by atoms with van der Waals surface area (Å²) in [7, 11) is 0. The second-order valence-corrected chi connectivity index (χ2v) is 9.15. The van der Waals surface area contributed by atoms with E-state index < -0.39 is 40.8 Å². The van der Waals surface area contributed by atoms with Crippen LogP contribution in [0.5, 0.6) is 0 Å². The van der Waals surface area contributed by atoms with Crippen molar-refractivity contribution in [1.29, 1.82) is 0 Å². The van der Waals surface area contributed by atoms with Crippen molar-refractivity contribution in [2.24, 2.45) is 0 Å². The van der Waals surface area contributed by atoms with E-state index in [2.05, 4.69) is 9.97 Å². The van der Waals surface area contributed by atoms with Gasteiger partial charge in [-0.3, -0.25) is 0 Å². The van der Waals surface area contributed by atoms with Crippen LogP contribution in [-0.4, -0.2) is 9.97 Å². The van der Waals surface area contributed by atoms with Crippen molar-refractivity contribution in [1.82, 2.24) is 9.97 Å². The van der Waals surface area contributed by atoms with Gasteiger partial charge in [-0.1, -0.05) is 48.5 Å². The smallest absolute Gasteiger partial charge is 0.417 e. The Hall–Kier alpha value is -4.81. The van der Waals surface area contributed by atoms with Gasteiger partial charge in [-0.05, 0) is 40.5 Å². The van der Waals surface area contributed by atoms with E-state index >= 15 is 0 Å². The van der Waals surface area contributed by atoms with Gasteiger partial charge >= 0.3 is 18.5 Å². The SMILES string of the molecule is FC(F)(F)c1ccc(-c2ccccc2-c2c3ncoc3c(-c3ccccc3C(F)(F)F)c3ncoc23)c(C(F)(F)F)c1. The largest absolute Gasteiger partial charge is 0.443 e. The van der Waals surface area contributed by atoms with Crippen LogP contribution in [0.2, 0.25) is 0 Å². The Bertz CT molecular complexity index is 1910. The second-order valence-electron chi connectivity index (χ2n) is 9.15. The monoisotopic (exact) mass is 592 g/mol. The maximum Gasteiger partial charge on any atom is 0.417 e. The van der Waals surface area contributed by atoms with Gasteiger partial charge in [0.15, 0.2) is 24.0 Å². The van der Waals surface area contributed by atoms with Gasteiger partial charge in [0.05, 0.1) is 27.8 Å². The second kappa shape index (κ2) is 9.36. The van der Waals surface area contributed by atoms with Gasteiger partial charge in [0.2, 0.25) is 0 Å². The molecule has 0 aliphatic carbocycles. The van der Waals surface area contributed by atoms with Gasteiger partial charge in [-0.15, -0.1) is 0 Å². The Balaban J connectivity index is 1.68. The maximum atomic E-state index is 14.1. The zero-order valence-electron chi connectivity index (χ0n) is 20.6. The molecule has 2 aromatic heterocycles. The molecule has 2 heterocycles. The van der Waals surface area contributed by atoms with Crippen LogP contribution < -0.4 is 0 Å². The third kappa shape index (κ3) is 4.45. The molecule has 6 aromatic rings. The van der Waals surface area contributed by atoms with Crippen LogP contribution in [-0.2, 0) is 18.5 Å². The summed E-state index contributed by atoms with van der Waals surface area (Å²) in [6, 6.07) is 11.5. The van der Waals surface area contributed by atoms with Gasteiger partial charge in [0.1, 0.15) is 11.0 Å². The molecule has 0 fully saturated rings. The molecule has 0 saturated carbocycles. The minimum atomic E-state index is -5.17. The first kappa shape index (κ1) is 27.4. The number of aromatic nitrogens is 2. The first-order valence-corrected chi connectivity index (χ1v) is 11.9. The topological polar surface area (TPSA) is 52.1 Å². The number of rotatable bonds is 3. The zero-order chi connectivity index (χ0) is 30.0. The van der Waals surface area contributed by atoms with Crippen LogP contribution in [0.25, 0.3) is 55.6 Å². The Morgan fingerprint density at radius 3 is 1.52 bits per heavy atom. The molecule has 0 aliphatic heterocycles. The molecule has 4 nitrogen and oxygen atoms in total. The molecule has 0 radical (unpaired) electrons. The lowest BCUT2D eigenvalue weighted by Crippen LogP contribution is -2.12. The predicted octanol–water partition coefficient (Wildman–Crippen LogP) is 10.0. The van der Waals surface area contributed by atoms with Crippen LogP contribution in [0.15, 0.2) is 88.4 Å². The molecule has 0 N–H and O–H groups in total. The van der Waals surface area contributed by atoms with Crippen LogP contribution in [0.3, 0.4) is 0 Å². The third-order valence-corrected chi connectivity index (χ3v) is 6.70. The molecule has 0 atom stereocenters. The molecule has 13 heteroatoms. The molecule has 4 aromatic carbocycles. The third-order valence-electron chi connectivity index (χ3n) is 6.70. The number of hydrogen-bond acceptors (Lipinski definition) is 4. The van der Waals surface area contributed by atoms with Gasteiger partial charge in [0, 0.05) is 0 Å². The number of alkyl halides is 9. The summed E-state index contributed by atoms with van der Waals surface area (Å²) < 4.78 is 135. The van der Waals surface area contributed by atoms with Crippen molar-refractivity contribution in [2.75, 3.05) is 0 Å². The van der Waals surface area contributed by atoms with Gasteiger partial charge < -0.3 is 8.83 Å². The predicted molar refractivity (Wildman–Crippen MR) is 133 cm³/mol. The van der Waals surface area contributed by atoms with E-state index in [4.69, 9.17) is 8.83 Å². The van der Waals surface area contributed by atoms with Crippen molar-refractivity contribution in [2.45, 2.75) is 18.5 Å². The highest BCUT2D eigenvalue weighted by atomic mass is 19.4. The summed E-state index contributed by atoms with van der Waals surface area (Å²) in [5, 5.41) is 0. The number of hydrogen-bond donors (Lipinski definition) is 0. The van der Waals surface area contributed by atoms with E-state index in [0.29, 0.717) is 6.07 Å².